The number of nitrogens with zero attached hydrogens (tertiary/aromatic N) is 1. The molecular weight excluding hydrogens is 475 g/mol. The van der Waals surface area contributed by atoms with Crippen molar-refractivity contribution in [2.75, 3.05) is 6.61 Å². The first kappa shape index (κ1) is 26.7. The molecule has 0 aliphatic carbocycles. The van der Waals surface area contributed by atoms with Crippen LogP contribution in [0.4, 0.5) is 13.2 Å². The fourth-order valence-corrected chi connectivity index (χ4v) is 3.48. The summed E-state index contributed by atoms with van der Waals surface area (Å²) in [6.07, 6.45) is -3.67. The number of benzene rings is 2. The number of hydrogen-bond donors (Lipinski definition) is 1. The van der Waals surface area contributed by atoms with E-state index >= 15 is 0 Å². The van der Waals surface area contributed by atoms with Gasteiger partial charge in [0.1, 0.15) is 11.9 Å². The van der Waals surface area contributed by atoms with E-state index in [1.54, 1.807) is 31.2 Å². The number of aryl methyl sites for hydroxylation is 2. The minimum absolute atomic E-state index is 0.0443. The Bertz CT molecular complexity index is 1210. The fourth-order valence-electron chi connectivity index (χ4n) is 3.48. The van der Waals surface area contributed by atoms with E-state index in [0.717, 1.165) is 17.2 Å². The van der Waals surface area contributed by atoms with Gasteiger partial charge in [-0.15, -0.1) is 0 Å². The van der Waals surface area contributed by atoms with Gasteiger partial charge in [-0.2, -0.15) is 13.2 Å². The summed E-state index contributed by atoms with van der Waals surface area (Å²) in [5.74, 6) is -1.06. The van der Waals surface area contributed by atoms with Crippen molar-refractivity contribution >= 4 is 11.8 Å². The maximum Gasteiger partial charge on any atom is 0.417 e. The van der Waals surface area contributed by atoms with Gasteiger partial charge in [0, 0.05) is 24.6 Å². The van der Waals surface area contributed by atoms with Crippen LogP contribution in [0.5, 0.6) is 11.6 Å². The molecule has 1 heterocycles. The van der Waals surface area contributed by atoms with Crippen molar-refractivity contribution < 1.29 is 37.3 Å². The lowest BCUT2D eigenvalue weighted by Gasteiger charge is -2.18. The summed E-state index contributed by atoms with van der Waals surface area (Å²) < 4.78 is 51.3. The molecule has 0 fully saturated rings. The van der Waals surface area contributed by atoms with Gasteiger partial charge >= 0.3 is 12.1 Å². The number of pyridine rings is 1. The number of aliphatic carboxylic acids is 1. The summed E-state index contributed by atoms with van der Waals surface area (Å²) in [7, 11) is 0. The number of ketones is 1. The predicted molar refractivity (Wildman–Crippen MR) is 126 cm³/mol. The average Bonchev–Trinajstić information content (AvgIpc) is 2.83. The second kappa shape index (κ2) is 11.7. The van der Waals surface area contributed by atoms with Gasteiger partial charge < -0.3 is 14.6 Å². The van der Waals surface area contributed by atoms with Crippen LogP contribution >= 0.6 is 0 Å². The average molecular weight is 502 g/mol. The van der Waals surface area contributed by atoms with Crippen LogP contribution in [0.1, 0.15) is 52.4 Å². The molecule has 3 aromatic rings. The first-order valence-electron chi connectivity index (χ1n) is 11.3. The molecular formula is C27H26F3NO5. The van der Waals surface area contributed by atoms with Crippen LogP contribution in [0.15, 0.2) is 60.8 Å². The van der Waals surface area contributed by atoms with Gasteiger partial charge in [0.15, 0.2) is 5.78 Å². The number of halogens is 3. The molecule has 0 radical (unpaired) electrons. The molecule has 1 atom stereocenters. The third-order valence-corrected chi connectivity index (χ3v) is 5.49. The van der Waals surface area contributed by atoms with E-state index in [0.29, 0.717) is 24.8 Å². The Morgan fingerprint density at radius 3 is 2.44 bits per heavy atom. The molecule has 0 unspecified atom stereocenters. The summed E-state index contributed by atoms with van der Waals surface area (Å²) >= 11 is 0. The van der Waals surface area contributed by atoms with Crippen LogP contribution in [0.3, 0.4) is 0 Å². The van der Waals surface area contributed by atoms with Gasteiger partial charge in [0.05, 0.1) is 17.7 Å². The highest BCUT2D eigenvalue weighted by Gasteiger charge is 2.33. The zero-order valence-corrected chi connectivity index (χ0v) is 19.8. The number of hydrogen-bond acceptors (Lipinski definition) is 5. The minimum Gasteiger partial charge on any atom is -0.493 e. The molecule has 2 aromatic carbocycles. The van der Waals surface area contributed by atoms with E-state index < -0.39 is 29.6 Å². The second-order valence-corrected chi connectivity index (χ2v) is 8.32. The van der Waals surface area contributed by atoms with Gasteiger partial charge in [0.2, 0.25) is 5.88 Å². The van der Waals surface area contributed by atoms with Gasteiger partial charge in [-0.05, 0) is 49.6 Å². The number of carboxylic acids is 1. The standard InChI is InChI=1S/C27H26F3NO5/c1-17-14-22(10-8-19(17)9-11-24(32)33)35-13-12-18(2)36-26-23(15-21(16-31-26)27(28,29)30)25(34)20-6-4-3-5-7-20/h3-8,10,14-16,18H,9,11-13H2,1-2H3,(H,32,33)/t18-/m0/s1. The number of aromatic nitrogens is 1. The summed E-state index contributed by atoms with van der Waals surface area (Å²) in [5, 5.41) is 8.84. The SMILES string of the molecule is Cc1cc(OCC[C@H](C)Oc2ncc(C(F)(F)F)cc2C(=O)c2ccccc2)ccc1CCC(=O)O. The molecule has 6 nitrogen and oxygen atoms in total. The first-order valence-corrected chi connectivity index (χ1v) is 11.3. The summed E-state index contributed by atoms with van der Waals surface area (Å²) in [6.45, 7) is 3.83. The summed E-state index contributed by atoms with van der Waals surface area (Å²) in [4.78, 5) is 27.5. The molecule has 0 aliphatic rings. The first-order chi connectivity index (χ1) is 17.0. The molecule has 36 heavy (non-hydrogen) atoms. The second-order valence-electron chi connectivity index (χ2n) is 8.32. The van der Waals surface area contributed by atoms with Crippen LogP contribution in [0.2, 0.25) is 0 Å². The molecule has 3 rings (SSSR count). The van der Waals surface area contributed by atoms with Gasteiger partial charge in [-0.1, -0.05) is 36.4 Å². The molecule has 9 heteroatoms. The highest BCUT2D eigenvalue weighted by Crippen LogP contribution is 2.32. The fraction of sp³-hybridized carbons (Fsp3) is 0.296. The van der Waals surface area contributed by atoms with E-state index in [4.69, 9.17) is 14.6 Å². The van der Waals surface area contributed by atoms with E-state index in [2.05, 4.69) is 4.98 Å². The molecule has 0 amide bonds. The van der Waals surface area contributed by atoms with Crippen molar-refractivity contribution in [3.8, 4) is 11.6 Å². The van der Waals surface area contributed by atoms with Crippen molar-refractivity contribution in [3.05, 3.63) is 88.6 Å². The van der Waals surface area contributed by atoms with Crippen LogP contribution in [0.25, 0.3) is 0 Å². The quantitative estimate of drug-likeness (QED) is 0.330. The third-order valence-electron chi connectivity index (χ3n) is 5.49. The Balaban J connectivity index is 1.66. The van der Waals surface area contributed by atoms with Crippen molar-refractivity contribution in [3.63, 3.8) is 0 Å². The number of ether oxygens (including phenoxy) is 2. The third kappa shape index (κ3) is 7.31. The van der Waals surface area contributed by atoms with E-state index in [-0.39, 0.29) is 30.0 Å². The van der Waals surface area contributed by atoms with Gasteiger partial charge in [-0.25, -0.2) is 4.98 Å². The summed E-state index contributed by atoms with van der Waals surface area (Å²) in [5.41, 5.74) is 0.756. The maximum atomic E-state index is 13.3. The molecule has 0 bridgehead atoms. The number of carbonyl (C=O) groups is 2. The lowest BCUT2D eigenvalue weighted by atomic mass is 10.0. The van der Waals surface area contributed by atoms with Crippen molar-refractivity contribution in [1.29, 1.82) is 0 Å². The lowest BCUT2D eigenvalue weighted by Crippen LogP contribution is -2.19. The van der Waals surface area contributed by atoms with Crippen LogP contribution < -0.4 is 9.47 Å². The van der Waals surface area contributed by atoms with E-state index in [1.807, 2.05) is 19.1 Å². The lowest BCUT2D eigenvalue weighted by molar-refractivity contribution is -0.138. The number of carboxylic acid groups (broad SMARTS) is 1. The van der Waals surface area contributed by atoms with Crippen molar-refractivity contribution in [2.45, 2.75) is 45.4 Å². The smallest absolute Gasteiger partial charge is 0.417 e. The van der Waals surface area contributed by atoms with Crippen molar-refractivity contribution in [2.24, 2.45) is 0 Å². The minimum atomic E-state index is -4.65. The maximum absolute atomic E-state index is 13.3. The highest BCUT2D eigenvalue weighted by atomic mass is 19.4. The summed E-state index contributed by atoms with van der Waals surface area (Å²) in [6, 6.07) is 14.1. The number of carbonyl (C=O) groups excluding carboxylic acids is 1. The Morgan fingerprint density at radius 1 is 1.08 bits per heavy atom. The molecule has 0 saturated carbocycles. The molecule has 1 aromatic heterocycles. The van der Waals surface area contributed by atoms with Crippen LogP contribution in [-0.2, 0) is 17.4 Å². The molecule has 1 N–H and O–H groups in total. The monoisotopic (exact) mass is 501 g/mol. The molecule has 0 spiro atoms. The largest absolute Gasteiger partial charge is 0.493 e. The number of rotatable bonds is 11. The Hall–Kier alpha value is -3.88. The Labute approximate surface area is 206 Å². The van der Waals surface area contributed by atoms with E-state index in [1.165, 1.54) is 12.1 Å². The predicted octanol–water partition coefficient (Wildman–Crippen LogP) is 5.89. The topological polar surface area (TPSA) is 85.7 Å². The van der Waals surface area contributed by atoms with Crippen LogP contribution in [-0.4, -0.2) is 34.6 Å². The normalized spacial score (nSPS) is 12.1. The van der Waals surface area contributed by atoms with Crippen molar-refractivity contribution in [1.82, 2.24) is 4.98 Å². The van der Waals surface area contributed by atoms with Gasteiger partial charge in [0.25, 0.3) is 0 Å². The Kier molecular flexibility index (Phi) is 8.68. The molecule has 190 valence electrons. The molecule has 0 saturated heterocycles. The highest BCUT2D eigenvalue weighted by molar-refractivity contribution is 6.10. The zero-order valence-electron chi connectivity index (χ0n) is 19.8. The van der Waals surface area contributed by atoms with E-state index in [9.17, 15) is 22.8 Å². The molecule has 0 aliphatic heterocycles. The van der Waals surface area contributed by atoms with Gasteiger partial charge in [-0.3, -0.25) is 9.59 Å². The zero-order chi connectivity index (χ0) is 26.3. The Morgan fingerprint density at radius 2 is 1.81 bits per heavy atom. The number of alkyl halides is 3. The van der Waals surface area contributed by atoms with Crippen LogP contribution in [0, 0.1) is 6.92 Å².